The maximum Gasteiger partial charge on any atom is 0.316 e. The number of nitrogens with one attached hydrogen (secondary N) is 1. The van der Waals surface area contributed by atoms with Crippen LogP contribution in [0.2, 0.25) is 0 Å². The topological polar surface area (TPSA) is 102 Å². The number of rotatable bonds is 10. The van der Waals surface area contributed by atoms with E-state index in [1.165, 1.54) is 52.8 Å². The van der Waals surface area contributed by atoms with Gasteiger partial charge in [0.15, 0.2) is 6.10 Å². The molecule has 33 heavy (non-hydrogen) atoms. The quantitative estimate of drug-likeness (QED) is 0.402. The number of morpholine rings is 1. The fourth-order valence-electron chi connectivity index (χ4n) is 3.17. The summed E-state index contributed by atoms with van der Waals surface area (Å²) < 4.78 is 37.1. The highest BCUT2D eigenvalue weighted by molar-refractivity contribution is 7.99. The van der Waals surface area contributed by atoms with Gasteiger partial charge in [0.05, 0.1) is 23.9 Å². The molecule has 1 atom stereocenters. The molecule has 2 aromatic carbocycles. The van der Waals surface area contributed by atoms with Crippen molar-refractivity contribution in [1.82, 2.24) is 4.31 Å². The lowest BCUT2D eigenvalue weighted by atomic mass is 10.2. The van der Waals surface area contributed by atoms with Crippen LogP contribution in [0.5, 0.6) is 0 Å². The van der Waals surface area contributed by atoms with Crippen molar-refractivity contribution in [3.63, 3.8) is 0 Å². The second kappa shape index (κ2) is 12.2. The Morgan fingerprint density at radius 2 is 1.76 bits per heavy atom. The maximum atomic E-state index is 12.7. The van der Waals surface area contributed by atoms with Gasteiger partial charge in [-0.1, -0.05) is 30.3 Å². The summed E-state index contributed by atoms with van der Waals surface area (Å²) in [5, 5.41) is 2.64. The third-order valence-corrected chi connectivity index (χ3v) is 7.85. The van der Waals surface area contributed by atoms with Gasteiger partial charge in [0.1, 0.15) is 0 Å². The van der Waals surface area contributed by atoms with Crippen molar-refractivity contribution in [3.8, 4) is 0 Å². The minimum Gasteiger partial charge on any atom is -0.452 e. The molecule has 1 N–H and O–H groups in total. The zero-order valence-electron chi connectivity index (χ0n) is 18.4. The monoisotopic (exact) mass is 492 g/mol. The summed E-state index contributed by atoms with van der Waals surface area (Å²) >= 11 is 1.45. The molecule has 1 aliphatic heterocycles. The van der Waals surface area contributed by atoms with E-state index in [9.17, 15) is 18.0 Å². The van der Waals surface area contributed by atoms with Crippen LogP contribution in [0.15, 0.2) is 59.5 Å². The lowest BCUT2D eigenvalue weighted by Gasteiger charge is -2.26. The highest BCUT2D eigenvalue weighted by Crippen LogP contribution is 2.19. The van der Waals surface area contributed by atoms with Gasteiger partial charge in [-0.3, -0.25) is 9.59 Å². The van der Waals surface area contributed by atoms with Crippen LogP contribution in [-0.4, -0.2) is 68.5 Å². The molecule has 8 nitrogen and oxygen atoms in total. The van der Waals surface area contributed by atoms with Crippen LogP contribution in [0.1, 0.15) is 12.5 Å². The average molecular weight is 493 g/mol. The van der Waals surface area contributed by atoms with Crippen LogP contribution in [0, 0.1) is 0 Å². The number of benzene rings is 2. The molecule has 10 heteroatoms. The Labute approximate surface area is 198 Å². The van der Waals surface area contributed by atoms with Crippen molar-refractivity contribution in [2.45, 2.75) is 24.3 Å². The summed E-state index contributed by atoms with van der Waals surface area (Å²) in [6, 6.07) is 15.9. The molecule has 1 aliphatic rings. The summed E-state index contributed by atoms with van der Waals surface area (Å²) in [5.41, 5.74) is 1.62. The van der Waals surface area contributed by atoms with Gasteiger partial charge in [-0.25, -0.2) is 8.42 Å². The van der Waals surface area contributed by atoms with Crippen LogP contribution in [0.25, 0.3) is 0 Å². The third kappa shape index (κ3) is 7.56. The van der Waals surface area contributed by atoms with Gasteiger partial charge in [-0.15, -0.1) is 11.8 Å². The van der Waals surface area contributed by atoms with Gasteiger partial charge in [0, 0.05) is 18.8 Å². The highest BCUT2D eigenvalue weighted by atomic mass is 32.2. The minimum atomic E-state index is -3.60. The largest absolute Gasteiger partial charge is 0.452 e. The number of carbonyl (C=O) groups excluding carboxylic acids is 2. The zero-order chi connectivity index (χ0) is 23.7. The maximum absolute atomic E-state index is 12.7. The first-order valence-electron chi connectivity index (χ1n) is 10.7. The Bertz CT molecular complexity index is 1020. The number of thioether (sulfide) groups is 1. The molecule has 2 aromatic rings. The fraction of sp³-hybridized carbons (Fsp3) is 0.391. The first-order chi connectivity index (χ1) is 15.9. The number of carbonyl (C=O) groups is 2. The van der Waals surface area contributed by atoms with Gasteiger partial charge < -0.3 is 14.8 Å². The number of aryl methyl sites for hydroxylation is 1. The van der Waals surface area contributed by atoms with Crippen LogP contribution in [-0.2, 0) is 35.5 Å². The van der Waals surface area contributed by atoms with Crippen molar-refractivity contribution in [1.29, 1.82) is 0 Å². The van der Waals surface area contributed by atoms with Gasteiger partial charge in [-0.05, 0) is 48.9 Å². The van der Waals surface area contributed by atoms with Gasteiger partial charge >= 0.3 is 5.97 Å². The molecule has 0 spiro atoms. The zero-order valence-corrected chi connectivity index (χ0v) is 20.1. The van der Waals surface area contributed by atoms with E-state index in [1.807, 2.05) is 30.3 Å². The van der Waals surface area contributed by atoms with Gasteiger partial charge in [-0.2, -0.15) is 4.31 Å². The summed E-state index contributed by atoms with van der Waals surface area (Å²) in [6.45, 7) is 2.87. The summed E-state index contributed by atoms with van der Waals surface area (Å²) in [7, 11) is -3.60. The van der Waals surface area contributed by atoms with E-state index < -0.39 is 28.0 Å². The third-order valence-electron chi connectivity index (χ3n) is 5.00. The molecule has 0 unspecified atom stereocenters. The van der Waals surface area contributed by atoms with Crippen LogP contribution in [0.3, 0.4) is 0 Å². The predicted octanol–water partition coefficient (Wildman–Crippen LogP) is 2.55. The Morgan fingerprint density at radius 3 is 2.42 bits per heavy atom. The Hall–Kier alpha value is -2.40. The predicted molar refractivity (Wildman–Crippen MR) is 128 cm³/mol. The molecule has 0 bridgehead atoms. The van der Waals surface area contributed by atoms with Crippen molar-refractivity contribution in [3.05, 3.63) is 60.2 Å². The van der Waals surface area contributed by atoms with Crippen LogP contribution in [0.4, 0.5) is 5.69 Å². The molecule has 0 radical (unpaired) electrons. The van der Waals surface area contributed by atoms with Crippen molar-refractivity contribution in [2.75, 3.05) is 43.1 Å². The van der Waals surface area contributed by atoms with E-state index in [0.29, 0.717) is 32.0 Å². The molecule has 178 valence electrons. The SMILES string of the molecule is C[C@H](OC(=O)CSCCc1ccccc1)C(=O)Nc1ccc(S(=O)(=O)N2CCOCC2)cc1. The number of ether oxygens (including phenoxy) is 2. The Kier molecular flexibility index (Phi) is 9.30. The smallest absolute Gasteiger partial charge is 0.316 e. The molecular formula is C23H28N2O6S2. The van der Waals surface area contributed by atoms with Gasteiger partial charge in [0.2, 0.25) is 10.0 Å². The van der Waals surface area contributed by atoms with Crippen LogP contribution < -0.4 is 5.32 Å². The number of nitrogens with zero attached hydrogens (tertiary/aromatic N) is 1. The summed E-state index contributed by atoms with van der Waals surface area (Å²) in [5.74, 6) is 0.00175. The van der Waals surface area contributed by atoms with Crippen molar-refractivity contribution < 1.29 is 27.5 Å². The molecule has 1 heterocycles. The lowest BCUT2D eigenvalue weighted by molar-refractivity contribution is -0.150. The van der Waals surface area contributed by atoms with Gasteiger partial charge in [0.25, 0.3) is 5.91 Å². The lowest BCUT2D eigenvalue weighted by Crippen LogP contribution is -2.40. The first-order valence-corrected chi connectivity index (χ1v) is 13.3. The van der Waals surface area contributed by atoms with Crippen molar-refractivity contribution >= 4 is 39.3 Å². The molecule has 1 amide bonds. The first kappa shape index (κ1) is 25.2. The molecule has 0 aromatic heterocycles. The van der Waals surface area contributed by atoms with Crippen molar-refractivity contribution in [2.24, 2.45) is 0 Å². The molecule has 0 aliphatic carbocycles. The molecule has 1 saturated heterocycles. The number of hydrogen-bond donors (Lipinski definition) is 1. The van der Waals surface area contributed by atoms with E-state index in [0.717, 1.165) is 12.2 Å². The Morgan fingerprint density at radius 1 is 1.09 bits per heavy atom. The van der Waals surface area contributed by atoms with E-state index in [4.69, 9.17) is 9.47 Å². The molecule has 1 fully saturated rings. The van der Waals surface area contributed by atoms with E-state index in [1.54, 1.807) is 0 Å². The second-order valence-electron chi connectivity index (χ2n) is 7.45. The normalized spacial score (nSPS) is 15.5. The highest BCUT2D eigenvalue weighted by Gasteiger charge is 2.26. The van der Waals surface area contributed by atoms with E-state index in [-0.39, 0.29) is 10.6 Å². The fourth-order valence-corrected chi connectivity index (χ4v) is 5.33. The average Bonchev–Trinajstić information content (AvgIpc) is 2.83. The van der Waals surface area contributed by atoms with Crippen LogP contribution >= 0.6 is 11.8 Å². The standard InChI is InChI=1S/C23H28N2O6S2/c1-18(31-22(26)17-32-16-11-19-5-3-2-4-6-19)23(27)24-20-7-9-21(10-8-20)33(28,29)25-12-14-30-15-13-25/h2-10,18H,11-17H2,1H3,(H,24,27)/t18-/m0/s1. The number of hydrogen-bond acceptors (Lipinski definition) is 7. The minimum absolute atomic E-state index is 0.148. The molecule has 3 rings (SSSR count). The number of anilines is 1. The molecular weight excluding hydrogens is 464 g/mol. The molecule has 0 saturated carbocycles. The van der Waals surface area contributed by atoms with E-state index in [2.05, 4.69) is 5.32 Å². The second-order valence-corrected chi connectivity index (χ2v) is 10.5. The summed E-state index contributed by atoms with van der Waals surface area (Å²) in [6.07, 6.45) is -0.115. The number of amides is 1. The Balaban J connectivity index is 1.42. The van der Waals surface area contributed by atoms with E-state index >= 15 is 0 Å². The number of sulfonamides is 1. The summed E-state index contributed by atoms with van der Waals surface area (Å²) in [4.78, 5) is 24.5. The number of esters is 1.